The van der Waals surface area contributed by atoms with Crippen molar-refractivity contribution in [2.24, 2.45) is 0 Å². The summed E-state index contributed by atoms with van der Waals surface area (Å²) in [6.45, 7) is 4.64. The number of rotatable bonds is 17. The van der Waals surface area contributed by atoms with E-state index in [9.17, 15) is 29.8 Å². The maximum Gasteiger partial charge on any atom is 0.511 e. The lowest BCUT2D eigenvalue weighted by Crippen LogP contribution is -2.45. The van der Waals surface area contributed by atoms with Gasteiger partial charge in [-0.2, -0.15) is 0 Å². The van der Waals surface area contributed by atoms with Gasteiger partial charge in [0.05, 0.1) is 42.9 Å². The molecule has 13 nitrogen and oxygen atoms in total. The molecule has 0 aromatic heterocycles. The fraction of sp³-hybridized carbons (Fsp3) is 0.412. The molecule has 0 spiro atoms. The molecule has 4 rings (SSSR count). The van der Waals surface area contributed by atoms with Gasteiger partial charge >= 0.3 is 12.1 Å². The average Bonchev–Trinajstić information content (AvgIpc) is 3.50. The van der Waals surface area contributed by atoms with E-state index in [4.69, 9.17) is 14.2 Å². The van der Waals surface area contributed by atoms with Crippen molar-refractivity contribution in [1.82, 2.24) is 0 Å². The summed E-state index contributed by atoms with van der Waals surface area (Å²) < 4.78 is 16.7. The second-order valence-electron chi connectivity index (χ2n) is 12.4. The van der Waals surface area contributed by atoms with E-state index in [2.05, 4.69) is 0 Å². The summed E-state index contributed by atoms with van der Waals surface area (Å²) in [6, 6.07) is 22.9. The zero-order valence-corrected chi connectivity index (χ0v) is 26.7. The third-order valence-corrected chi connectivity index (χ3v) is 8.56. The zero-order valence-electron chi connectivity index (χ0n) is 26.7. The minimum Gasteiger partial charge on any atom is -0.428 e. The molecule has 250 valence electrons. The van der Waals surface area contributed by atoms with Crippen molar-refractivity contribution in [3.05, 3.63) is 116 Å². The smallest absolute Gasteiger partial charge is 0.428 e. The number of non-ortho nitro benzene ring substituents is 2. The van der Waals surface area contributed by atoms with Gasteiger partial charge in [-0.25, -0.2) is 4.79 Å². The summed E-state index contributed by atoms with van der Waals surface area (Å²) in [4.78, 5) is 45.8. The van der Waals surface area contributed by atoms with Gasteiger partial charge in [-0.1, -0.05) is 30.3 Å². The molecule has 1 atom stereocenters. The van der Waals surface area contributed by atoms with Gasteiger partial charge < -0.3 is 23.2 Å². The van der Waals surface area contributed by atoms with Crippen molar-refractivity contribution in [3.63, 3.8) is 0 Å². The van der Waals surface area contributed by atoms with Crippen LogP contribution in [0.2, 0.25) is 0 Å². The Labute approximate surface area is 273 Å². The van der Waals surface area contributed by atoms with Crippen LogP contribution in [0.25, 0.3) is 0 Å². The lowest BCUT2D eigenvalue weighted by molar-refractivity contribution is -0.935. The number of esters is 1. The van der Waals surface area contributed by atoms with Crippen molar-refractivity contribution in [2.75, 3.05) is 46.6 Å². The molecule has 47 heavy (non-hydrogen) atoms. The Morgan fingerprint density at radius 1 is 0.766 bits per heavy atom. The van der Waals surface area contributed by atoms with Crippen LogP contribution in [0.3, 0.4) is 0 Å². The van der Waals surface area contributed by atoms with Crippen molar-refractivity contribution < 1.29 is 42.6 Å². The molecule has 1 unspecified atom stereocenters. The number of carbonyl (C=O) groups is 2. The molecule has 13 heteroatoms. The van der Waals surface area contributed by atoms with Gasteiger partial charge in [0.15, 0.2) is 0 Å². The van der Waals surface area contributed by atoms with Crippen molar-refractivity contribution >= 4 is 23.5 Å². The second kappa shape index (κ2) is 16.6. The van der Waals surface area contributed by atoms with E-state index in [-0.39, 0.29) is 24.4 Å². The highest BCUT2D eigenvalue weighted by molar-refractivity contribution is 5.69. The van der Waals surface area contributed by atoms with Crippen molar-refractivity contribution in [2.45, 2.75) is 45.3 Å². The monoisotopic (exact) mass is 650 g/mol. The zero-order chi connectivity index (χ0) is 33.7. The number of nitro groups is 2. The highest BCUT2D eigenvalue weighted by atomic mass is 16.8. The van der Waals surface area contributed by atoms with Crippen LogP contribution in [0.4, 0.5) is 16.2 Å². The molecular formula is C34H42N4O9+2. The number of benzene rings is 3. The van der Waals surface area contributed by atoms with Gasteiger partial charge in [0.25, 0.3) is 11.4 Å². The first kappa shape index (κ1) is 35.0. The molecule has 3 aromatic rings. The summed E-state index contributed by atoms with van der Waals surface area (Å²) in [5, 5.41) is 22.0. The first-order chi connectivity index (χ1) is 22.5. The molecule has 0 saturated carbocycles. The van der Waals surface area contributed by atoms with E-state index < -0.39 is 28.8 Å². The molecule has 0 amide bonds. The Morgan fingerprint density at radius 3 is 1.89 bits per heavy atom. The topological polar surface area (TPSA) is 148 Å². The molecule has 1 aliphatic rings. The van der Waals surface area contributed by atoms with Crippen LogP contribution in [0.15, 0.2) is 78.9 Å². The van der Waals surface area contributed by atoms with Crippen LogP contribution in [0.1, 0.15) is 42.4 Å². The molecule has 0 N–H and O–H groups in total. The highest BCUT2D eigenvalue weighted by Gasteiger charge is 2.32. The third-order valence-electron chi connectivity index (χ3n) is 8.56. The van der Waals surface area contributed by atoms with E-state index in [1.165, 1.54) is 24.3 Å². The van der Waals surface area contributed by atoms with Crippen LogP contribution in [0.5, 0.6) is 0 Å². The van der Waals surface area contributed by atoms with E-state index in [0.717, 1.165) is 60.2 Å². The van der Waals surface area contributed by atoms with E-state index in [1.54, 1.807) is 24.3 Å². The number of ether oxygens (including phenoxy) is 3. The van der Waals surface area contributed by atoms with Crippen molar-refractivity contribution in [1.29, 1.82) is 0 Å². The predicted molar refractivity (Wildman–Crippen MR) is 172 cm³/mol. The Morgan fingerprint density at radius 2 is 1.32 bits per heavy atom. The summed E-state index contributed by atoms with van der Waals surface area (Å²) in [6.07, 6.45) is 2.02. The Kier molecular flexibility index (Phi) is 12.4. The van der Waals surface area contributed by atoms with E-state index in [0.29, 0.717) is 30.5 Å². The second-order valence-corrected chi connectivity index (χ2v) is 12.4. The number of hydrogen-bond donors (Lipinski definition) is 0. The van der Waals surface area contributed by atoms with E-state index >= 15 is 0 Å². The number of quaternary nitrogens is 2. The summed E-state index contributed by atoms with van der Waals surface area (Å²) in [5.41, 5.74) is 3.12. The van der Waals surface area contributed by atoms with Crippen molar-refractivity contribution in [3.8, 4) is 0 Å². The fourth-order valence-corrected chi connectivity index (χ4v) is 6.14. The van der Waals surface area contributed by atoms with Gasteiger partial charge in [0.2, 0.25) is 6.79 Å². The van der Waals surface area contributed by atoms with Gasteiger partial charge in [0, 0.05) is 60.2 Å². The standard InChI is InChI=1S/C34H42N4O9/c1-37(24-28-8-3-2-4-9-28,25-29-11-15-31(16-12-29)35(41)42)22-23-45-34(40)47-27-46-33(39)10-7-21-38(19-5-6-20-38)26-30-13-17-32(18-14-30)36(43)44/h2-4,8-9,11-18H,5-7,10,19-27H2,1H3/q+2. The molecule has 1 saturated heterocycles. The van der Waals surface area contributed by atoms with Crippen LogP contribution in [-0.2, 0) is 38.6 Å². The van der Waals surface area contributed by atoms with Gasteiger partial charge in [0.1, 0.15) is 32.8 Å². The number of hydrogen-bond acceptors (Lipinski definition) is 9. The number of nitrogens with zero attached hydrogens (tertiary/aromatic N) is 4. The maximum absolute atomic E-state index is 12.3. The Bertz CT molecular complexity index is 1490. The third kappa shape index (κ3) is 11.2. The predicted octanol–water partition coefficient (Wildman–Crippen LogP) is 5.89. The minimum absolute atomic E-state index is 0.0226. The lowest BCUT2D eigenvalue weighted by atomic mass is 10.1. The molecule has 1 fully saturated rings. The number of nitro benzene ring substituents is 2. The van der Waals surface area contributed by atoms with Gasteiger partial charge in [-0.05, 0) is 24.3 Å². The number of likely N-dealkylation sites (tertiary alicyclic amines) is 1. The molecule has 0 radical (unpaired) electrons. The normalized spacial score (nSPS) is 14.9. The highest BCUT2D eigenvalue weighted by Crippen LogP contribution is 2.26. The first-order valence-electron chi connectivity index (χ1n) is 15.7. The van der Waals surface area contributed by atoms with Gasteiger partial charge in [-0.15, -0.1) is 0 Å². The lowest BCUT2D eigenvalue weighted by Gasteiger charge is -2.34. The number of likely N-dealkylation sites (N-methyl/N-ethyl adjacent to an activating group) is 1. The Balaban J connectivity index is 1.18. The minimum atomic E-state index is -0.941. The molecule has 0 bridgehead atoms. The molecule has 3 aromatic carbocycles. The fourth-order valence-electron chi connectivity index (χ4n) is 6.14. The van der Waals surface area contributed by atoms with Crippen LogP contribution >= 0.6 is 0 Å². The van der Waals surface area contributed by atoms with Crippen LogP contribution in [0, 0.1) is 20.2 Å². The molecule has 1 aliphatic heterocycles. The largest absolute Gasteiger partial charge is 0.511 e. The average molecular weight is 651 g/mol. The molecule has 0 aliphatic carbocycles. The molecular weight excluding hydrogens is 608 g/mol. The summed E-state index contributed by atoms with van der Waals surface area (Å²) >= 11 is 0. The van der Waals surface area contributed by atoms with Crippen LogP contribution < -0.4 is 0 Å². The molecule has 1 heterocycles. The first-order valence-corrected chi connectivity index (χ1v) is 15.7. The maximum atomic E-state index is 12.3. The van der Waals surface area contributed by atoms with Gasteiger partial charge in [-0.3, -0.25) is 25.0 Å². The van der Waals surface area contributed by atoms with E-state index in [1.807, 2.05) is 37.4 Å². The van der Waals surface area contributed by atoms with Crippen LogP contribution in [-0.4, -0.2) is 77.6 Å². The summed E-state index contributed by atoms with van der Waals surface area (Å²) in [5.74, 6) is -0.472. The Hall–Kier alpha value is -4.88. The SMILES string of the molecule is C[N+](CCOC(=O)OCOC(=O)CCC[N+]1(Cc2ccc([N+](=O)[O-])cc2)CCCC1)(Cc1ccccc1)Cc1ccc([N+](=O)[O-])cc1. The number of carbonyl (C=O) groups excluding carboxylic acids is 2. The summed E-state index contributed by atoms with van der Waals surface area (Å²) in [7, 11) is 2.02. The quantitative estimate of drug-likeness (QED) is 0.0573.